The zero-order valence-corrected chi connectivity index (χ0v) is 20.9. The van der Waals surface area contributed by atoms with E-state index in [-0.39, 0.29) is 11.8 Å². The Morgan fingerprint density at radius 1 is 0.667 bits per heavy atom. The van der Waals surface area contributed by atoms with Crippen molar-refractivity contribution in [2.24, 2.45) is 5.92 Å². The van der Waals surface area contributed by atoms with Gasteiger partial charge in [0.1, 0.15) is 0 Å². The second-order valence-electron chi connectivity index (χ2n) is 10.6. The molecule has 3 aliphatic rings. The molecule has 3 aromatic rings. The van der Waals surface area contributed by atoms with Crippen LogP contribution in [-0.4, -0.2) is 65.3 Å². The van der Waals surface area contributed by atoms with E-state index in [1.165, 1.54) is 11.1 Å². The first-order chi connectivity index (χ1) is 17.7. The lowest BCUT2D eigenvalue weighted by Gasteiger charge is -2.42. The van der Waals surface area contributed by atoms with Crippen LogP contribution in [0.5, 0.6) is 0 Å². The molecule has 2 fully saturated rings. The van der Waals surface area contributed by atoms with Gasteiger partial charge in [0, 0.05) is 56.8 Å². The summed E-state index contributed by atoms with van der Waals surface area (Å²) in [5.41, 5.74) is 3.72. The highest BCUT2D eigenvalue weighted by atomic mass is 16.2. The lowest BCUT2D eigenvalue weighted by atomic mass is 9.92. The van der Waals surface area contributed by atoms with Gasteiger partial charge >= 0.3 is 0 Å². The third-order valence-electron chi connectivity index (χ3n) is 8.60. The second-order valence-corrected chi connectivity index (χ2v) is 10.6. The van der Waals surface area contributed by atoms with Gasteiger partial charge in [-0.1, -0.05) is 60.7 Å². The molecule has 3 heterocycles. The van der Waals surface area contributed by atoms with Crippen molar-refractivity contribution in [2.45, 2.75) is 44.7 Å². The third kappa shape index (κ3) is 4.53. The molecule has 5 heteroatoms. The minimum Gasteiger partial charge on any atom is -0.342 e. The highest BCUT2D eigenvalue weighted by Crippen LogP contribution is 2.28. The highest BCUT2D eigenvalue weighted by Gasteiger charge is 2.34. The van der Waals surface area contributed by atoms with Crippen LogP contribution in [0.25, 0.3) is 10.8 Å². The number of amides is 2. The molecule has 36 heavy (non-hydrogen) atoms. The Morgan fingerprint density at radius 2 is 1.33 bits per heavy atom. The van der Waals surface area contributed by atoms with E-state index in [1.807, 2.05) is 47.4 Å². The molecule has 0 atom stereocenters. The Hall–Kier alpha value is -3.18. The second kappa shape index (κ2) is 10.1. The lowest BCUT2D eigenvalue weighted by molar-refractivity contribution is -0.138. The fourth-order valence-corrected chi connectivity index (χ4v) is 6.45. The van der Waals surface area contributed by atoms with E-state index in [9.17, 15) is 9.59 Å². The fourth-order valence-electron chi connectivity index (χ4n) is 6.45. The standard InChI is InChI=1S/C31H35N3O2/c35-30(32-20-15-27(16-21-32)34-19-12-23-6-1-2-8-26(23)22-34)25-13-17-33(18-14-25)31(36)29-11-5-9-24-7-3-4-10-28(24)29/h1-11,25,27H,12-22H2. The first-order valence-corrected chi connectivity index (χ1v) is 13.5. The number of piperidine rings is 2. The number of carbonyl (C=O) groups is 2. The summed E-state index contributed by atoms with van der Waals surface area (Å²) in [6, 6.07) is 23.4. The van der Waals surface area contributed by atoms with Crippen molar-refractivity contribution < 1.29 is 9.59 Å². The fraction of sp³-hybridized carbons (Fsp3) is 0.419. The molecule has 2 amide bonds. The van der Waals surface area contributed by atoms with Gasteiger partial charge in [0.2, 0.25) is 5.91 Å². The van der Waals surface area contributed by atoms with Crippen molar-refractivity contribution in [3.05, 3.63) is 83.4 Å². The van der Waals surface area contributed by atoms with E-state index < -0.39 is 0 Å². The van der Waals surface area contributed by atoms with Gasteiger partial charge in [-0.25, -0.2) is 0 Å². The number of nitrogens with zero attached hydrogens (tertiary/aromatic N) is 3. The Labute approximate surface area is 213 Å². The first kappa shape index (κ1) is 23.2. The number of fused-ring (bicyclic) bond motifs is 2. The molecule has 3 aliphatic heterocycles. The molecule has 2 saturated heterocycles. The van der Waals surface area contributed by atoms with Gasteiger partial charge in [0.15, 0.2) is 0 Å². The average Bonchev–Trinajstić information content (AvgIpc) is 2.96. The summed E-state index contributed by atoms with van der Waals surface area (Å²) in [6.45, 7) is 5.19. The minimum atomic E-state index is 0.0416. The van der Waals surface area contributed by atoms with E-state index in [0.717, 1.165) is 74.6 Å². The van der Waals surface area contributed by atoms with Crippen molar-refractivity contribution in [3.8, 4) is 0 Å². The van der Waals surface area contributed by atoms with Crippen LogP contribution in [0.4, 0.5) is 0 Å². The number of rotatable bonds is 3. The molecular weight excluding hydrogens is 446 g/mol. The molecule has 186 valence electrons. The van der Waals surface area contributed by atoms with E-state index in [2.05, 4.69) is 34.1 Å². The smallest absolute Gasteiger partial charge is 0.254 e. The quantitative estimate of drug-likeness (QED) is 0.543. The number of likely N-dealkylation sites (tertiary alicyclic amines) is 2. The molecule has 0 aliphatic carbocycles. The predicted molar refractivity (Wildman–Crippen MR) is 143 cm³/mol. The van der Waals surface area contributed by atoms with Gasteiger partial charge in [0.25, 0.3) is 5.91 Å². The molecule has 0 bridgehead atoms. The first-order valence-electron chi connectivity index (χ1n) is 13.5. The summed E-state index contributed by atoms with van der Waals surface area (Å²) in [5.74, 6) is 0.427. The molecule has 6 rings (SSSR count). The van der Waals surface area contributed by atoms with Crippen LogP contribution < -0.4 is 0 Å². The van der Waals surface area contributed by atoms with E-state index in [0.29, 0.717) is 25.0 Å². The van der Waals surface area contributed by atoms with Crippen LogP contribution >= 0.6 is 0 Å². The summed E-state index contributed by atoms with van der Waals surface area (Å²) in [5, 5.41) is 2.09. The maximum atomic E-state index is 13.3. The van der Waals surface area contributed by atoms with Crippen molar-refractivity contribution >= 4 is 22.6 Å². The van der Waals surface area contributed by atoms with Crippen molar-refractivity contribution in [3.63, 3.8) is 0 Å². The van der Waals surface area contributed by atoms with E-state index >= 15 is 0 Å². The number of hydrogen-bond donors (Lipinski definition) is 0. The largest absolute Gasteiger partial charge is 0.342 e. The SMILES string of the molecule is O=C(c1cccc2ccccc12)N1CCC(C(=O)N2CCC(N3CCc4ccccc4C3)CC2)CC1. The normalized spacial score (nSPS) is 19.9. The van der Waals surface area contributed by atoms with Gasteiger partial charge < -0.3 is 9.80 Å². The van der Waals surface area contributed by atoms with Crippen molar-refractivity contribution in [1.82, 2.24) is 14.7 Å². The van der Waals surface area contributed by atoms with Crippen LogP contribution in [0.15, 0.2) is 66.7 Å². The molecule has 0 spiro atoms. The average molecular weight is 482 g/mol. The van der Waals surface area contributed by atoms with Crippen LogP contribution in [0.3, 0.4) is 0 Å². The van der Waals surface area contributed by atoms with Crippen molar-refractivity contribution in [2.75, 3.05) is 32.7 Å². The Morgan fingerprint density at radius 3 is 2.14 bits per heavy atom. The lowest BCUT2D eigenvalue weighted by Crippen LogP contribution is -2.50. The molecule has 0 aromatic heterocycles. The van der Waals surface area contributed by atoms with Gasteiger partial charge in [-0.05, 0) is 60.1 Å². The Kier molecular flexibility index (Phi) is 6.49. The highest BCUT2D eigenvalue weighted by molar-refractivity contribution is 6.07. The van der Waals surface area contributed by atoms with Gasteiger partial charge in [-0.3, -0.25) is 14.5 Å². The monoisotopic (exact) mass is 481 g/mol. The van der Waals surface area contributed by atoms with Crippen LogP contribution in [0.2, 0.25) is 0 Å². The molecule has 5 nitrogen and oxygen atoms in total. The number of hydrogen-bond acceptors (Lipinski definition) is 3. The summed E-state index contributed by atoms with van der Waals surface area (Å²) in [6.07, 6.45) is 4.78. The van der Waals surface area contributed by atoms with E-state index in [4.69, 9.17) is 0 Å². The number of benzene rings is 3. The maximum absolute atomic E-state index is 13.3. The number of carbonyl (C=O) groups excluding carboxylic acids is 2. The molecule has 3 aromatic carbocycles. The predicted octanol–water partition coefficient (Wildman–Crippen LogP) is 4.74. The molecular formula is C31H35N3O2. The molecule has 0 unspecified atom stereocenters. The maximum Gasteiger partial charge on any atom is 0.254 e. The zero-order chi connectivity index (χ0) is 24.5. The summed E-state index contributed by atoms with van der Waals surface area (Å²) < 4.78 is 0. The molecule has 0 radical (unpaired) electrons. The third-order valence-corrected chi connectivity index (χ3v) is 8.60. The Balaban J connectivity index is 1.01. The zero-order valence-electron chi connectivity index (χ0n) is 20.9. The molecule has 0 saturated carbocycles. The topological polar surface area (TPSA) is 43.9 Å². The van der Waals surface area contributed by atoms with Crippen LogP contribution in [0, 0.1) is 5.92 Å². The van der Waals surface area contributed by atoms with Crippen molar-refractivity contribution in [1.29, 1.82) is 0 Å². The van der Waals surface area contributed by atoms with Gasteiger partial charge in [0.05, 0.1) is 0 Å². The minimum absolute atomic E-state index is 0.0416. The van der Waals surface area contributed by atoms with Crippen LogP contribution in [0.1, 0.15) is 47.2 Å². The summed E-state index contributed by atoms with van der Waals surface area (Å²) in [4.78, 5) is 33.3. The summed E-state index contributed by atoms with van der Waals surface area (Å²) >= 11 is 0. The van der Waals surface area contributed by atoms with Crippen LogP contribution in [-0.2, 0) is 17.8 Å². The Bertz CT molecular complexity index is 1250. The molecule has 0 N–H and O–H groups in total. The van der Waals surface area contributed by atoms with E-state index in [1.54, 1.807) is 0 Å². The summed E-state index contributed by atoms with van der Waals surface area (Å²) in [7, 11) is 0. The van der Waals surface area contributed by atoms with Gasteiger partial charge in [-0.2, -0.15) is 0 Å². The van der Waals surface area contributed by atoms with Gasteiger partial charge in [-0.15, -0.1) is 0 Å².